The van der Waals surface area contributed by atoms with Gasteiger partial charge in [0.25, 0.3) is 5.91 Å². The van der Waals surface area contributed by atoms with Crippen LogP contribution in [0.4, 0.5) is 0 Å². The van der Waals surface area contributed by atoms with E-state index >= 15 is 0 Å². The Morgan fingerprint density at radius 2 is 2.08 bits per heavy atom. The average Bonchev–Trinajstić information content (AvgIpc) is 3.04. The van der Waals surface area contributed by atoms with Gasteiger partial charge < -0.3 is 5.32 Å². The van der Waals surface area contributed by atoms with Crippen molar-refractivity contribution in [2.75, 3.05) is 0 Å². The van der Waals surface area contributed by atoms with Crippen LogP contribution < -0.4 is 5.32 Å². The van der Waals surface area contributed by atoms with E-state index in [0.717, 1.165) is 17.1 Å². The number of nitrogens with one attached hydrogen (secondary N) is 1. The van der Waals surface area contributed by atoms with Gasteiger partial charge in [-0.05, 0) is 37.6 Å². The molecule has 0 aliphatic carbocycles. The molecule has 3 rings (SSSR count). The fourth-order valence-corrected chi connectivity index (χ4v) is 2.54. The maximum atomic E-state index is 12.5. The molecule has 3 aromatic heterocycles. The first-order chi connectivity index (χ1) is 11.7. The molecule has 0 fully saturated rings. The van der Waals surface area contributed by atoms with Gasteiger partial charge in [0.15, 0.2) is 5.82 Å². The van der Waals surface area contributed by atoms with Gasteiger partial charge in [-0.2, -0.15) is 5.10 Å². The molecule has 6 nitrogen and oxygen atoms in total. The van der Waals surface area contributed by atoms with E-state index < -0.39 is 0 Å². The lowest BCUT2D eigenvalue weighted by Gasteiger charge is -2.08. The minimum absolute atomic E-state index is 0.155. The number of carbonyl (C=O) groups excluding carboxylic acids is 1. The second-order valence-corrected chi connectivity index (χ2v) is 5.41. The van der Waals surface area contributed by atoms with Crippen LogP contribution in [0.1, 0.15) is 34.4 Å². The van der Waals surface area contributed by atoms with Crippen molar-refractivity contribution in [2.24, 2.45) is 0 Å². The molecular weight excluding hydrogens is 302 g/mol. The normalized spacial score (nSPS) is 10.6. The molecule has 3 heterocycles. The van der Waals surface area contributed by atoms with Crippen LogP contribution in [-0.2, 0) is 13.0 Å². The van der Waals surface area contributed by atoms with E-state index in [4.69, 9.17) is 0 Å². The van der Waals surface area contributed by atoms with Crippen LogP contribution in [0, 0.1) is 6.92 Å². The van der Waals surface area contributed by atoms with Crippen LogP contribution in [0.5, 0.6) is 0 Å². The van der Waals surface area contributed by atoms with Gasteiger partial charge in [-0.3, -0.25) is 9.78 Å². The summed E-state index contributed by atoms with van der Waals surface area (Å²) in [5.41, 5.74) is 3.16. The van der Waals surface area contributed by atoms with Gasteiger partial charge in [-0.25, -0.2) is 9.67 Å². The van der Waals surface area contributed by atoms with Crippen molar-refractivity contribution in [2.45, 2.75) is 26.8 Å². The molecule has 6 heteroatoms. The summed E-state index contributed by atoms with van der Waals surface area (Å²) in [6.45, 7) is 4.31. The molecule has 24 heavy (non-hydrogen) atoms. The average molecular weight is 321 g/mol. The van der Waals surface area contributed by atoms with Crippen LogP contribution in [0.15, 0.2) is 48.8 Å². The molecule has 0 atom stereocenters. The van der Waals surface area contributed by atoms with Crippen molar-refractivity contribution in [1.82, 2.24) is 25.1 Å². The van der Waals surface area contributed by atoms with Crippen LogP contribution >= 0.6 is 0 Å². The Morgan fingerprint density at radius 1 is 1.21 bits per heavy atom. The highest BCUT2D eigenvalue weighted by Crippen LogP contribution is 2.14. The number of nitrogens with zero attached hydrogens (tertiary/aromatic N) is 4. The van der Waals surface area contributed by atoms with Gasteiger partial charge in [0.05, 0.1) is 29.7 Å². The number of aromatic nitrogens is 4. The molecule has 1 N–H and O–H groups in total. The van der Waals surface area contributed by atoms with E-state index in [9.17, 15) is 4.79 Å². The third kappa shape index (κ3) is 3.32. The number of hydrogen-bond donors (Lipinski definition) is 1. The third-order valence-corrected chi connectivity index (χ3v) is 3.69. The molecule has 0 unspecified atom stereocenters. The summed E-state index contributed by atoms with van der Waals surface area (Å²) in [5, 5.41) is 7.23. The van der Waals surface area contributed by atoms with Gasteiger partial charge in [-0.1, -0.05) is 19.1 Å². The summed E-state index contributed by atoms with van der Waals surface area (Å²) in [6, 6.07) is 11.4. The lowest BCUT2D eigenvalue weighted by atomic mass is 10.2. The second kappa shape index (κ2) is 7.04. The Labute approximate surface area is 140 Å². The molecule has 0 aromatic carbocycles. The van der Waals surface area contributed by atoms with E-state index in [0.29, 0.717) is 24.3 Å². The van der Waals surface area contributed by atoms with Crippen LogP contribution in [0.3, 0.4) is 0 Å². The summed E-state index contributed by atoms with van der Waals surface area (Å²) in [7, 11) is 0. The summed E-state index contributed by atoms with van der Waals surface area (Å²) in [6.07, 6.45) is 3.98. The largest absolute Gasteiger partial charge is 0.346 e. The number of amides is 1. The Morgan fingerprint density at radius 3 is 2.79 bits per heavy atom. The molecule has 0 saturated heterocycles. The van der Waals surface area contributed by atoms with E-state index in [1.807, 2.05) is 50.2 Å². The van der Waals surface area contributed by atoms with Gasteiger partial charge >= 0.3 is 0 Å². The van der Waals surface area contributed by atoms with Crippen LogP contribution in [0.2, 0.25) is 0 Å². The topological polar surface area (TPSA) is 72.7 Å². The molecule has 0 radical (unpaired) electrons. The fraction of sp³-hybridized carbons (Fsp3) is 0.222. The van der Waals surface area contributed by atoms with Crippen LogP contribution in [-0.4, -0.2) is 25.7 Å². The first kappa shape index (κ1) is 15.9. The third-order valence-electron chi connectivity index (χ3n) is 3.69. The predicted octanol–water partition coefficient (Wildman–Crippen LogP) is 2.46. The minimum atomic E-state index is -0.155. The van der Waals surface area contributed by atoms with E-state index in [2.05, 4.69) is 20.4 Å². The highest BCUT2D eigenvalue weighted by atomic mass is 16.1. The maximum absolute atomic E-state index is 12.5. The van der Waals surface area contributed by atoms with E-state index in [1.165, 1.54) is 0 Å². The molecule has 0 bridgehead atoms. The number of carbonyl (C=O) groups is 1. The molecule has 0 spiro atoms. The van der Waals surface area contributed by atoms with Crippen molar-refractivity contribution in [3.05, 3.63) is 71.4 Å². The number of hydrogen-bond acceptors (Lipinski definition) is 4. The van der Waals surface area contributed by atoms with Crippen molar-refractivity contribution >= 4 is 5.91 Å². The lowest BCUT2D eigenvalue weighted by molar-refractivity contribution is 0.0949. The summed E-state index contributed by atoms with van der Waals surface area (Å²) >= 11 is 0. The smallest absolute Gasteiger partial charge is 0.255 e. The Hall–Kier alpha value is -3.02. The molecule has 0 aliphatic heterocycles. The molecule has 122 valence electrons. The number of rotatable bonds is 5. The number of aryl methyl sites for hydroxylation is 1. The molecule has 0 saturated carbocycles. The fourth-order valence-electron chi connectivity index (χ4n) is 2.54. The zero-order valence-electron chi connectivity index (χ0n) is 13.7. The number of pyridine rings is 2. The van der Waals surface area contributed by atoms with Gasteiger partial charge in [0, 0.05) is 11.9 Å². The van der Waals surface area contributed by atoms with Crippen molar-refractivity contribution in [3.8, 4) is 5.82 Å². The van der Waals surface area contributed by atoms with Gasteiger partial charge in [0.2, 0.25) is 0 Å². The highest BCUT2D eigenvalue weighted by Gasteiger charge is 2.17. The quantitative estimate of drug-likeness (QED) is 0.783. The van der Waals surface area contributed by atoms with Gasteiger partial charge in [0.1, 0.15) is 0 Å². The SMILES string of the molecule is CCc1c(C(=O)NCc2cccc(C)n2)cnn1-c1ccccn1. The summed E-state index contributed by atoms with van der Waals surface area (Å²) in [5.74, 6) is 0.547. The minimum Gasteiger partial charge on any atom is -0.346 e. The molecular formula is C18H19N5O. The molecule has 0 aliphatic rings. The Bertz CT molecular complexity index is 842. The van der Waals surface area contributed by atoms with Gasteiger partial charge in [-0.15, -0.1) is 0 Å². The van der Waals surface area contributed by atoms with Crippen molar-refractivity contribution in [3.63, 3.8) is 0 Å². The zero-order chi connectivity index (χ0) is 16.9. The monoisotopic (exact) mass is 321 g/mol. The Balaban J connectivity index is 1.79. The predicted molar refractivity (Wildman–Crippen MR) is 90.9 cm³/mol. The van der Waals surface area contributed by atoms with Crippen molar-refractivity contribution < 1.29 is 4.79 Å². The molecule has 3 aromatic rings. The van der Waals surface area contributed by atoms with Crippen LogP contribution in [0.25, 0.3) is 5.82 Å². The standard InChI is InChI=1S/C18H19N5O/c1-3-16-15(12-21-23(16)17-9-4-5-10-19-17)18(24)20-11-14-8-6-7-13(2)22-14/h4-10,12H,3,11H2,1-2H3,(H,20,24). The van der Waals surface area contributed by atoms with E-state index in [1.54, 1.807) is 17.1 Å². The lowest BCUT2D eigenvalue weighted by Crippen LogP contribution is -2.24. The second-order valence-electron chi connectivity index (χ2n) is 5.41. The molecule has 1 amide bonds. The highest BCUT2D eigenvalue weighted by molar-refractivity contribution is 5.95. The summed E-state index contributed by atoms with van der Waals surface area (Å²) in [4.78, 5) is 21.2. The zero-order valence-corrected chi connectivity index (χ0v) is 13.7. The van der Waals surface area contributed by atoms with E-state index in [-0.39, 0.29) is 5.91 Å². The Kier molecular flexibility index (Phi) is 4.65. The first-order valence-electron chi connectivity index (χ1n) is 7.88. The maximum Gasteiger partial charge on any atom is 0.255 e. The summed E-state index contributed by atoms with van der Waals surface area (Å²) < 4.78 is 1.71. The first-order valence-corrected chi connectivity index (χ1v) is 7.88. The van der Waals surface area contributed by atoms with Crippen molar-refractivity contribution in [1.29, 1.82) is 0 Å².